The molecular formula is C21H26N4O4S. The highest BCUT2D eigenvalue weighted by atomic mass is 32.1. The molecule has 8 nitrogen and oxygen atoms in total. The SMILES string of the molecule is Cc1cc(OCC2CN(C(=S)Nc3ccc4c(c3)OCO4)CCO2)nc(C(C)C)n1. The van der Waals surface area contributed by atoms with Crippen molar-refractivity contribution >= 4 is 23.0 Å². The van der Waals surface area contributed by atoms with Gasteiger partial charge in [0.2, 0.25) is 12.7 Å². The fourth-order valence-corrected chi connectivity index (χ4v) is 3.54. The fraction of sp³-hybridized carbons (Fsp3) is 0.476. The van der Waals surface area contributed by atoms with Crippen molar-refractivity contribution in [2.75, 3.05) is 38.4 Å². The minimum Gasteiger partial charge on any atom is -0.475 e. The van der Waals surface area contributed by atoms with E-state index in [1.807, 2.05) is 31.2 Å². The van der Waals surface area contributed by atoms with Crippen LogP contribution in [-0.4, -0.2) is 59.2 Å². The zero-order chi connectivity index (χ0) is 21.1. The van der Waals surface area contributed by atoms with E-state index in [0.29, 0.717) is 30.8 Å². The third-order valence-corrected chi connectivity index (χ3v) is 5.19. The monoisotopic (exact) mass is 430 g/mol. The summed E-state index contributed by atoms with van der Waals surface area (Å²) in [6.45, 7) is 8.66. The van der Waals surface area contributed by atoms with E-state index in [9.17, 15) is 0 Å². The maximum atomic E-state index is 5.92. The van der Waals surface area contributed by atoms with Crippen molar-refractivity contribution in [1.29, 1.82) is 0 Å². The minimum absolute atomic E-state index is 0.104. The molecule has 0 bridgehead atoms. The molecule has 1 saturated heterocycles. The number of thiocarbonyl (C=S) groups is 1. The second-order valence-electron chi connectivity index (χ2n) is 7.61. The molecule has 2 aliphatic rings. The first-order valence-corrected chi connectivity index (χ1v) is 10.4. The second-order valence-corrected chi connectivity index (χ2v) is 8.00. The molecule has 0 aliphatic carbocycles. The molecule has 9 heteroatoms. The van der Waals surface area contributed by atoms with Crippen LogP contribution in [0.5, 0.6) is 17.4 Å². The summed E-state index contributed by atoms with van der Waals surface area (Å²) < 4.78 is 22.6. The van der Waals surface area contributed by atoms with E-state index >= 15 is 0 Å². The first-order chi connectivity index (χ1) is 14.5. The average molecular weight is 431 g/mol. The van der Waals surface area contributed by atoms with Gasteiger partial charge in [-0.15, -0.1) is 0 Å². The van der Waals surface area contributed by atoms with Crippen LogP contribution in [-0.2, 0) is 4.74 Å². The molecule has 1 atom stereocenters. The number of aryl methyl sites for hydroxylation is 1. The van der Waals surface area contributed by atoms with Crippen LogP contribution >= 0.6 is 12.2 Å². The number of fused-ring (bicyclic) bond motifs is 1. The van der Waals surface area contributed by atoms with E-state index in [-0.39, 0.29) is 18.8 Å². The maximum Gasteiger partial charge on any atom is 0.231 e. The highest BCUT2D eigenvalue weighted by Gasteiger charge is 2.24. The number of nitrogens with one attached hydrogen (secondary N) is 1. The zero-order valence-corrected chi connectivity index (χ0v) is 18.2. The van der Waals surface area contributed by atoms with Gasteiger partial charge in [-0.3, -0.25) is 0 Å². The number of hydrogen-bond donors (Lipinski definition) is 1. The highest BCUT2D eigenvalue weighted by Crippen LogP contribution is 2.34. The van der Waals surface area contributed by atoms with Crippen molar-refractivity contribution in [3.05, 3.63) is 35.8 Å². The van der Waals surface area contributed by atoms with Gasteiger partial charge in [0.15, 0.2) is 16.6 Å². The van der Waals surface area contributed by atoms with Gasteiger partial charge in [-0.2, -0.15) is 4.98 Å². The summed E-state index contributed by atoms with van der Waals surface area (Å²) in [6, 6.07) is 7.53. The molecule has 0 saturated carbocycles. The normalized spacial score (nSPS) is 17.9. The Hall–Kier alpha value is -2.65. The average Bonchev–Trinajstić information content (AvgIpc) is 3.20. The molecule has 2 aromatic rings. The zero-order valence-electron chi connectivity index (χ0n) is 17.4. The van der Waals surface area contributed by atoms with Crippen molar-refractivity contribution in [2.24, 2.45) is 0 Å². The summed E-state index contributed by atoms with van der Waals surface area (Å²) in [5.74, 6) is 3.07. The molecule has 1 unspecified atom stereocenters. The molecule has 1 aromatic carbocycles. The molecule has 3 heterocycles. The number of morpholine rings is 1. The quantitative estimate of drug-likeness (QED) is 0.720. The van der Waals surface area contributed by atoms with Crippen molar-refractivity contribution in [3.63, 3.8) is 0 Å². The van der Waals surface area contributed by atoms with Crippen LogP contribution in [0, 0.1) is 6.92 Å². The van der Waals surface area contributed by atoms with Crippen LogP contribution in [0.2, 0.25) is 0 Å². The minimum atomic E-state index is -0.104. The van der Waals surface area contributed by atoms with Gasteiger partial charge in [0.25, 0.3) is 0 Å². The lowest BCUT2D eigenvalue weighted by molar-refractivity contribution is -0.0288. The van der Waals surface area contributed by atoms with Gasteiger partial charge in [-0.1, -0.05) is 13.8 Å². The Morgan fingerprint density at radius 2 is 2.10 bits per heavy atom. The van der Waals surface area contributed by atoms with Crippen molar-refractivity contribution in [2.45, 2.75) is 32.8 Å². The molecule has 160 valence electrons. The smallest absolute Gasteiger partial charge is 0.231 e. The van der Waals surface area contributed by atoms with Gasteiger partial charge >= 0.3 is 0 Å². The molecule has 1 aromatic heterocycles. The van der Waals surface area contributed by atoms with Crippen molar-refractivity contribution < 1.29 is 18.9 Å². The first kappa shape index (κ1) is 20.6. The molecular weight excluding hydrogens is 404 g/mol. The number of rotatable bonds is 5. The molecule has 1 N–H and O–H groups in total. The van der Waals surface area contributed by atoms with Gasteiger partial charge in [0, 0.05) is 42.5 Å². The number of anilines is 1. The molecule has 0 spiro atoms. The Kier molecular flexibility index (Phi) is 6.19. The van der Waals surface area contributed by atoms with E-state index in [4.69, 9.17) is 31.2 Å². The van der Waals surface area contributed by atoms with Crippen molar-refractivity contribution in [3.8, 4) is 17.4 Å². The van der Waals surface area contributed by atoms with Gasteiger partial charge in [-0.25, -0.2) is 4.98 Å². The molecule has 2 aliphatic heterocycles. The van der Waals surface area contributed by atoms with Crippen LogP contribution < -0.4 is 19.5 Å². The van der Waals surface area contributed by atoms with E-state index in [2.05, 4.69) is 34.0 Å². The molecule has 0 radical (unpaired) electrons. The van der Waals surface area contributed by atoms with Gasteiger partial charge in [-0.05, 0) is 31.3 Å². The largest absolute Gasteiger partial charge is 0.475 e. The predicted molar refractivity (Wildman–Crippen MR) is 116 cm³/mol. The standard InChI is InChI=1S/C21H26N4O4S/c1-13(2)20-22-14(3)8-19(24-20)27-11-16-10-25(6-7-26-16)21(30)23-15-4-5-17-18(9-15)29-12-28-17/h4-5,8-9,13,16H,6-7,10-12H2,1-3H3,(H,23,30). The first-order valence-electron chi connectivity index (χ1n) is 10.0. The van der Waals surface area contributed by atoms with Crippen LogP contribution in [0.3, 0.4) is 0 Å². The van der Waals surface area contributed by atoms with Crippen LogP contribution in [0.25, 0.3) is 0 Å². The van der Waals surface area contributed by atoms with Gasteiger partial charge in [0.1, 0.15) is 18.5 Å². The van der Waals surface area contributed by atoms with Crippen LogP contribution in [0.15, 0.2) is 24.3 Å². The number of aromatic nitrogens is 2. The summed E-state index contributed by atoms with van der Waals surface area (Å²) in [7, 11) is 0. The number of nitrogens with zero attached hydrogens (tertiary/aromatic N) is 3. The predicted octanol–water partition coefficient (Wildman–Crippen LogP) is 3.11. The Labute approximate surface area is 181 Å². The summed E-state index contributed by atoms with van der Waals surface area (Å²) in [5, 5.41) is 3.91. The lowest BCUT2D eigenvalue weighted by atomic mass is 10.2. The molecule has 1 fully saturated rings. The maximum absolute atomic E-state index is 5.92. The van der Waals surface area contributed by atoms with E-state index in [1.54, 1.807) is 0 Å². The van der Waals surface area contributed by atoms with Gasteiger partial charge in [0.05, 0.1) is 6.61 Å². The summed E-state index contributed by atoms with van der Waals surface area (Å²) >= 11 is 5.60. The second kappa shape index (κ2) is 9.01. The third kappa shape index (κ3) is 4.91. The number of ether oxygens (including phenoxy) is 4. The lowest BCUT2D eigenvalue weighted by Gasteiger charge is -2.34. The number of benzene rings is 1. The molecule has 0 amide bonds. The lowest BCUT2D eigenvalue weighted by Crippen LogP contribution is -2.49. The Bertz CT molecular complexity index is 924. The Balaban J connectivity index is 1.32. The fourth-order valence-electron chi connectivity index (χ4n) is 3.25. The molecule has 30 heavy (non-hydrogen) atoms. The number of hydrogen-bond acceptors (Lipinski definition) is 7. The Morgan fingerprint density at radius 3 is 2.93 bits per heavy atom. The van der Waals surface area contributed by atoms with E-state index < -0.39 is 0 Å². The highest BCUT2D eigenvalue weighted by molar-refractivity contribution is 7.80. The van der Waals surface area contributed by atoms with E-state index in [1.165, 1.54) is 0 Å². The van der Waals surface area contributed by atoms with Crippen LogP contribution in [0.1, 0.15) is 31.3 Å². The molecule has 4 rings (SSSR count). The Morgan fingerprint density at radius 1 is 1.27 bits per heavy atom. The van der Waals surface area contributed by atoms with Gasteiger partial charge < -0.3 is 29.2 Å². The topological polar surface area (TPSA) is 78.0 Å². The third-order valence-electron chi connectivity index (χ3n) is 4.83. The summed E-state index contributed by atoms with van der Waals surface area (Å²) in [5.41, 5.74) is 1.75. The summed E-state index contributed by atoms with van der Waals surface area (Å²) in [6.07, 6.45) is -0.104. The van der Waals surface area contributed by atoms with Crippen LogP contribution in [0.4, 0.5) is 5.69 Å². The van der Waals surface area contributed by atoms with E-state index in [0.717, 1.165) is 35.2 Å². The van der Waals surface area contributed by atoms with Crippen molar-refractivity contribution in [1.82, 2.24) is 14.9 Å². The summed E-state index contributed by atoms with van der Waals surface area (Å²) in [4.78, 5) is 11.0.